The van der Waals surface area contributed by atoms with E-state index in [9.17, 15) is 18.0 Å². The summed E-state index contributed by atoms with van der Waals surface area (Å²) in [6.45, 7) is 4.00. The third-order valence-electron chi connectivity index (χ3n) is 4.78. The highest BCUT2D eigenvalue weighted by molar-refractivity contribution is 7.89. The summed E-state index contributed by atoms with van der Waals surface area (Å²) >= 11 is 0. The van der Waals surface area contributed by atoms with Crippen molar-refractivity contribution >= 4 is 33.2 Å². The first-order chi connectivity index (χ1) is 14.6. The van der Waals surface area contributed by atoms with Gasteiger partial charge in [0.2, 0.25) is 15.9 Å². The molecule has 3 aromatic rings. The van der Waals surface area contributed by atoms with Crippen molar-refractivity contribution in [2.45, 2.75) is 31.7 Å². The smallest absolute Gasteiger partial charge is 0.255 e. The molecule has 0 radical (unpaired) electrons. The second kappa shape index (κ2) is 9.11. The van der Waals surface area contributed by atoms with E-state index in [2.05, 4.69) is 15.6 Å². The molecule has 0 unspecified atom stereocenters. The van der Waals surface area contributed by atoms with Crippen molar-refractivity contribution in [3.8, 4) is 0 Å². The molecule has 10 heteroatoms. The molecule has 2 aromatic carbocycles. The summed E-state index contributed by atoms with van der Waals surface area (Å²) in [5, 5.41) is 10.7. The number of primary sulfonamides is 1. The Morgan fingerprint density at radius 1 is 1.13 bits per heavy atom. The maximum absolute atomic E-state index is 12.7. The predicted molar refractivity (Wildman–Crippen MR) is 117 cm³/mol. The molecule has 0 saturated heterocycles. The van der Waals surface area contributed by atoms with Gasteiger partial charge in [-0.3, -0.25) is 9.59 Å². The number of carbonyl (C=O) groups is 2. The molecular weight excluding hydrogens is 418 g/mol. The number of nitrogens with two attached hydrogens (primary N) is 1. The molecular formula is C21H23N5O4S. The number of nitrogens with one attached hydrogen (secondary N) is 2. The Hall–Kier alpha value is -3.50. The van der Waals surface area contributed by atoms with Gasteiger partial charge in [0.05, 0.1) is 11.2 Å². The molecule has 0 aliphatic rings. The monoisotopic (exact) mass is 441 g/mol. The van der Waals surface area contributed by atoms with Crippen LogP contribution in [0.3, 0.4) is 0 Å². The summed E-state index contributed by atoms with van der Waals surface area (Å²) in [4.78, 5) is 28.8. The fourth-order valence-corrected chi connectivity index (χ4v) is 3.55. The average Bonchev–Trinajstić information content (AvgIpc) is 3.23. The number of hydrogen-bond donors (Lipinski definition) is 3. The molecule has 4 N–H and O–H groups in total. The van der Waals surface area contributed by atoms with E-state index in [4.69, 9.17) is 5.14 Å². The summed E-state index contributed by atoms with van der Waals surface area (Å²) in [5.74, 6) is -0.637. The van der Waals surface area contributed by atoms with Crippen LogP contribution in [0.25, 0.3) is 0 Å². The molecule has 0 saturated carbocycles. The molecule has 31 heavy (non-hydrogen) atoms. The zero-order chi connectivity index (χ0) is 22.6. The van der Waals surface area contributed by atoms with E-state index >= 15 is 0 Å². The topological polar surface area (TPSA) is 136 Å². The van der Waals surface area contributed by atoms with Crippen molar-refractivity contribution in [2.24, 2.45) is 5.14 Å². The van der Waals surface area contributed by atoms with Crippen LogP contribution in [0, 0.1) is 13.8 Å². The number of benzene rings is 2. The Labute approximate surface area is 180 Å². The Bertz CT molecular complexity index is 1220. The van der Waals surface area contributed by atoms with E-state index in [0.29, 0.717) is 29.0 Å². The lowest BCUT2D eigenvalue weighted by Gasteiger charge is -2.13. The molecule has 3 rings (SSSR count). The second-order valence-corrected chi connectivity index (χ2v) is 8.65. The van der Waals surface area contributed by atoms with Crippen LogP contribution >= 0.6 is 0 Å². The Morgan fingerprint density at radius 2 is 1.90 bits per heavy atom. The summed E-state index contributed by atoms with van der Waals surface area (Å²) in [6, 6.07) is 9.28. The minimum absolute atomic E-state index is 0.0789. The first-order valence-electron chi connectivity index (χ1n) is 9.44. The number of rotatable bonds is 7. The molecule has 162 valence electrons. The van der Waals surface area contributed by atoms with E-state index in [-0.39, 0.29) is 17.2 Å². The number of anilines is 2. The average molecular weight is 442 g/mol. The van der Waals surface area contributed by atoms with Crippen LogP contribution in [-0.2, 0) is 21.4 Å². The van der Waals surface area contributed by atoms with Crippen LogP contribution in [0.1, 0.15) is 27.9 Å². The van der Waals surface area contributed by atoms with Crippen LogP contribution in [0.5, 0.6) is 0 Å². The number of aryl methyl sites for hydroxylation is 2. The maximum Gasteiger partial charge on any atom is 0.255 e. The van der Waals surface area contributed by atoms with Gasteiger partial charge in [-0.15, -0.1) is 0 Å². The normalized spacial score (nSPS) is 11.2. The standard InChI is InChI=1S/C21H23N5O4S/c1-14-10-18(31(22,29)30)12-19(15(14)2)25-21(28)16-4-3-5-17(11-16)24-20(27)6-8-26-9-7-23-13-26/h3-5,7,9-13H,6,8H2,1-2H3,(H,24,27)(H,25,28)(H2,22,29,30). The van der Waals surface area contributed by atoms with Gasteiger partial charge in [-0.25, -0.2) is 18.5 Å². The summed E-state index contributed by atoms with van der Waals surface area (Å²) in [7, 11) is -3.91. The highest BCUT2D eigenvalue weighted by Gasteiger charge is 2.15. The lowest BCUT2D eigenvalue weighted by Crippen LogP contribution is -2.17. The minimum Gasteiger partial charge on any atom is -0.337 e. The molecule has 1 aromatic heterocycles. The number of carbonyl (C=O) groups excluding carboxylic acids is 2. The van der Waals surface area contributed by atoms with E-state index in [1.165, 1.54) is 12.1 Å². The fourth-order valence-electron chi connectivity index (χ4n) is 2.93. The lowest BCUT2D eigenvalue weighted by molar-refractivity contribution is -0.116. The zero-order valence-corrected chi connectivity index (χ0v) is 17.9. The minimum atomic E-state index is -3.91. The van der Waals surface area contributed by atoms with Gasteiger partial charge < -0.3 is 15.2 Å². The largest absolute Gasteiger partial charge is 0.337 e. The Balaban J connectivity index is 1.72. The van der Waals surface area contributed by atoms with Gasteiger partial charge in [0.1, 0.15) is 0 Å². The number of imidazole rings is 1. The third-order valence-corrected chi connectivity index (χ3v) is 5.68. The van der Waals surface area contributed by atoms with Gasteiger partial charge in [0, 0.05) is 42.3 Å². The Morgan fingerprint density at radius 3 is 2.58 bits per heavy atom. The number of aromatic nitrogens is 2. The van der Waals surface area contributed by atoms with Crippen molar-refractivity contribution in [3.63, 3.8) is 0 Å². The van der Waals surface area contributed by atoms with Gasteiger partial charge in [-0.2, -0.15) is 0 Å². The molecule has 9 nitrogen and oxygen atoms in total. The van der Waals surface area contributed by atoms with Gasteiger partial charge in [0.25, 0.3) is 5.91 Å². The van der Waals surface area contributed by atoms with E-state index < -0.39 is 15.9 Å². The van der Waals surface area contributed by atoms with Crippen molar-refractivity contribution in [3.05, 3.63) is 71.8 Å². The third kappa shape index (κ3) is 5.77. The summed E-state index contributed by atoms with van der Waals surface area (Å²) in [5.41, 5.74) is 2.55. The molecule has 0 aliphatic carbocycles. The maximum atomic E-state index is 12.7. The van der Waals surface area contributed by atoms with Crippen molar-refractivity contribution in [2.75, 3.05) is 10.6 Å². The quantitative estimate of drug-likeness (QED) is 0.517. The molecule has 0 bridgehead atoms. The SMILES string of the molecule is Cc1cc(S(N)(=O)=O)cc(NC(=O)c2cccc(NC(=O)CCn3ccnc3)c2)c1C. The van der Waals surface area contributed by atoms with Crippen LogP contribution < -0.4 is 15.8 Å². The molecule has 1 heterocycles. The highest BCUT2D eigenvalue weighted by Crippen LogP contribution is 2.24. The fraction of sp³-hybridized carbons (Fsp3) is 0.190. The number of hydrogen-bond acceptors (Lipinski definition) is 5. The van der Waals surface area contributed by atoms with Crippen LogP contribution in [0.2, 0.25) is 0 Å². The highest BCUT2D eigenvalue weighted by atomic mass is 32.2. The first kappa shape index (κ1) is 22.2. The molecule has 0 spiro atoms. The van der Waals surface area contributed by atoms with E-state index in [1.54, 1.807) is 61.4 Å². The van der Waals surface area contributed by atoms with Gasteiger partial charge in [-0.05, 0) is 55.3 Å². The number of amides is 2. The van der Waals surface area contributed by atoms with Gasteiger partial charge >= 0.3 is 0 Å². The lowest BCUT2D eigenvalue weighted by atomic mass is 10.1. The van der Waals surface area contributed by atoms with E-state index in [1.807, 2.05) is 0 Å². The van der Waals surface area contributed by atoms with Crippen LogP contribution in [-0.4, -0.2) is 29.8 Å². The molecule has 0 fully saturated rings. The van der Waals surface area contributed by atoms with Crippen LogP contribution in [0.4, 0.5) is 11.4 Å². The van der Waals surface area contributed by atoms with Crippen molar-refractivity contribution in [1.29, 1.82) is 0 Å². The second-order valence-electron chi connectivity index (χ2n) is 7.09. The Kier molecular flexibility index (Phi) is 6.52. The van der Waals surface area contributed by atoms with E-state index in [0.717, 1.165) is 5.56 Å². The van der Waals surface area contributed by atoms with Crippen LogP contribution in [0.15, 0.2) is 60.0 Å². The zero-order valence-electron chi connectivity index (χ0n) is 17.1. The molecule has 0 aliphatic heterocycles. The van der Waals surface area contributed by atoms with Gasteiger partial charge in [0.15, 0.2) is 0 Å². The van der Waals surface area contributed by atoms with Crippen molar-refractivity contribution < 1.29 is 18.0 Å². The summed E-state index contributed by atoms with van der Waals surface area (Å²) < 4.78 is 25.2. The first-order valence-corrected chi connectivity index (χ1v) is 11.0. The molecule has 0 atom stereocenters. The molecule has 2 amide bonds. The predicted octanol–water partition coefficient (Wildman–Crippen LogP) is 2.43. The number of nitrogens with zero attached hydrogens (tertiary/aromatic N) is 2. The van der Waals surface area contributed by atoms with Gasteiger partial charge in [-0.1, -0.05) is 6.07 Å². The number of sulfonamides is 1. The summed E-state index contributed by atoms with van der Waals surface area (Å²) in [6.07, 6.45) is 5.30. The van der Waals surface area contributed by atoms with Crippen molar-refractivity contribution in [1.82, 2.24) is 9.55 Å².